The van der Waals surface area contributed by atoms with Gasteiger partial charge in [-0.25, -0.2) is 4.79 Å². The molecule has 0 aliphatic carbocycles. The number of nitrogens with zero attached hydrogens (tertiary/aromatic N) is 1. The Bertz CT molecular complexity index is 979. The van der Waals surface area contributed by atoms with Gasteiger partial charge in [-0.2, -0.15) is 0 Å². The summed E-state index contributed by atoms with van der Waals surface area (Å²) >= 11 is 0. The second-order valence-electron chi connectivity index (χ2n) is 6.44. The van der Waals surface area contributed by atoms with Crippen LogP contribution in [0.4, 0.5) is 10.5 Å². The van der Waals surface area contributed by atoms with E-state index in [0.29, 0.717) is 18.0 Å². The molecule has 0 unspecified atom stereocenters. The highest BCUT2D eigenvalue weighted by Gasteiger charge is 2.14. The Hall–Kier alpha value is -3.41. The van der Waals surface area contributed by atoms with Crippen LogP contribution >= 0.6 is 0 Å². The van der Waals surface area contributed by atoms with Crippen LogP contribution in [0.3, 0.4) is 0 Å². The molecule has 146 valence electrons. The molecule has 6 nitrogen and oxygen atoms in total. The summed E-state index contributed by atoms with van der Waals surface area (Å²) in [6.07, 6.45) is 0. The zero-order valence-corrected chi connectivity index (χ0v) is 16.6. The molecule has 0 bridgehead atoms. The third-order valence-corrected chi connectivity index (χ3v) is 4.63. The minimum Gasteiger partial charge on any atom is -0.497 e. The average Bonchev–Trinajstić information content (AvgIpc) is 2.99. The number of anilines is 1. The van der Waals surface area contributed by atoms with E-state index >= 15 is 0 Å². The Balaban J connectivity index is 1.72. The van der Waals surface area contributed by atoms with Gasteiger partial charge in [0.15, 0.2) is 0 Å². The standard InChI is InChI=1S/C22H25N3O3/c1-15-12-17(16(2)25(15)20-10-5-6-11-21(20)28-4)14-23-22(26)24-18-8-7-9-19(13-18)27-3/h5-13H,14H2,1-4H3,(H2,23,24,26). The van der Waals surface area contributed by atoms with Crippen molar-refractivity contribution in [1.29, 1.82) is 0 Å². The van der Waals surface area contributed by atoms with Crippen molar-refractivity contribution in [2.45, 2.75) is 20.4 Å². The number of rotatable bonds is 6. The monoisotopic (exact) mass is 379 g/mol. The van der Waals surface area contributed by atoms with E-state index in [4.69, 9.17) is 9.47 Å². The maximum absolute atomic E-state index is 12.3. The number of aryl methyl sites for hydroxylation is 1. The maximum atomic E-state index is 12.3. The average molecular weight is 379 g/mol. The molecular formula is C22H25N3O3. The number of nitrogens with one attached hydrogen (secondary N) is 2. The van der Waals surface area contributed by atoms with Crippen molar-refractivity contribution in [2.24, 2.45) is 0 Å². The summed E-state index contributed by atoms with van der Waals surface area (Å²) < 4.78 is 12.8. The van der Waals surface area contributed by atoms with Crippen molar-refractivity contribution in [3.05, 3.63) is 71.5 Å². The molecule has 3 aromatic rings. The first-order valence-corrected chi connectivity index (χ1v) is 9.03. The Morgan fingerprint density at radius 3 is 2.54 bits per heavy atom. The quantitative estimate of drug-likeness (QED) is 0.666. The van der Waals surface area contributed by atoms with Crippen molar-refractivity contribution in [3.8, 4) is 17.2 Å². The number of para-hydroxylation sites is 2. The smallest absolute Gasteiger partial charge is 0.319 e. The van der Waals surface area contributed by atoms with Gasteiger partial charge in [-0.1, -0.05) is 18.2 Å². The number of hydrogen-bond acceptors (Lipinski definition) is 3. The molecule has 6 heteroatoms. The number of benzene rings is 2. The Labute approximate surface area is 165 Å². The van der Waals surface area contributed by atoms with Crippen molar-refractivity contribution >= 4 is 11.7 Å². The third-order valence-electron chi connectivity index (χ3n) is 4.63. The van der Waals surface area contributed by atoms with Crippen LogP contribution in [0.1, 0.15) is 17.0 Å². The highest BCUT2D eigenvalue weighted by molar-refractivity contribution is 5.89. The van der Waals surface area contributed by atoms with Gasteiger partial charge in [-0.3, -0.25) is 0 Å². The second kappa shape index (κ2) is 8.52. The van der Waals surface area contributed by atoms with Crippen LogP contribution < -0.4 is 20.1 Å². The van der Waals surface area contributed by atoms with Gasteiger partial charge in [0.2, 0.25) is 0 Å². The van der Waals surface area contributed by atoms with Gasteiger partial charge in [0, 0.05) is 29.7 Å². The lowest BCUT2D eigenvalue weighted by atomic mass is 10.2. The van der Waals surface area contributed by atoms with Crippen molar-refractivity contribution < 1.29 is 14.3 Å². The Kier molecular flexibility index (Phi) is 5.89. The molecule has 0 atom stereocenters. The first-order valence-electron chi connectivity index (χ1n) is 9.03. The molecule has 2 N–H and O–H groups in total. The molecule has 1 heterocycles. The summed E-state index contributed by atoms with van der Waals surface area (Å²) in [4.78, 5) is 12.3. The van der Waals surface area contributed by atoms with Crippen molar-refractivity contribution in [3.63, 3.8) is 0 Å². The van der Waals surface area contributed by atoms with Gasteiger partial charge < -0.3 is 24.7 Å². The summed E-state index contributed by atoms with van der Waals surface area (Å²) in [5.41, 5.74) is 4.84. The van der Waals surface area contributed by atoms with Gasteiger partial charge in [-0.05, 0) is 49.7 Å². The first kappa shape index (κ1) is 19.4. The zero-order valence-electron chi connectivity index (χ0n) is 16.6. The molecule has 28 heavy (non-hydrogen) atoms. The van der Waals surface area contributed by atoms with E-state index in [-0.39, 0.29) is 6.03 Å². The predicted octanol–water partition coefficient (Wildman–Crippen LogP) is 4.43. The normalized spacial score (nSPS) is 10.4. The molecular weight excluding hydrogens is 354 g/mol. The molecule has 0 aliphatic rings. The number of aromatic nitrogens is 1. The van der Waals surface area contributed by atoms with Crippen LogP contribution in [-0.4, -0.2) is 24.8 Å². The molecule has 0 saturated carbocycles. The van der Waals surface area contributed by atoms with E-state index in [9.17, 15) is 4.79 Å². The molecule has 0 radical (unpaired) electrons. The van der Waals surface area contributed by atoms with E-state index in [1.54, 1.807) is 20.3 Å². The molecule has 2 amide bonds. The predicted molar refractivity (Wildman–Crippen MR) is 111 cm³/mol. The lowest BCUT2D eigenvalue weighted by Crippen LogP contribution is -2.28. The highest BCUT2D eigenvalue weighted by atomic mass is 16.5. The van der Waals surface area contributed by atoms with Crippen LogP contribution in [0.5, 0.6) is 11.5 Å². The van der Waals surface area contributed by atoms with E-state index in [0.717, 1.165) is 28.4 Å². The number of hydrogen-bond donors (Lipinski definition) is 2. The first-order chi connectivity index (χ1) is 13.5. The van der Waals surface area contributed by atoms with E-state index in [2.05, 4.69) is 21.3 Å². The summed E-state index contributed by atoms with van der Waals surface area (Å²) in [6.45, 7) is 4.50. The fourth-order valence-corrected chi connectivity index (χ4v) is 3.25. The topological polar surface area (TPSA) is 64.5 Å². The van der Waals surface area contributed by atoms with Crippen LogP contribution in [0, 0.1) is 13.8 Å². The zero-order chi connectivity index (χ0) is 20.1. The Morgan fingerprint density at radius 2 is 1.79 bits per heavy atom. The fourth-order valence-electron chi connectivity index (χ4n) is 3.25. The lowest BCUT2D eigenvalue weighted by molar-refractivity contribution is 0.251. The van der Waals surface area contributed by atoms with Crippen LogP contribution in [0.2, 0.25) is 0 Å². The molecule has 0 fully saturated rings. The minimum atomic E-state index is -0.268. The number of carbonyl (C=O) groups is 1. The van der Waals surface area contributed by atoms with Crippen LogP contribution in [-0.2, 0) is 6.54 Å². The largest absolute Gasteiger partial charge is 0.497 e. The van der Waals surface area contributed by atoms with E-state index in [1.165, 1.54) is 0 Å². The van der Waals surface area contributed by atoms with Crippen LogP contribution in [0.25, 0.3) is 5.69 Å². The molecule has 0 spiro atoms. The van der Waals surface area contributed by atoms with Gasteiger partial charge in [0.05, 0.1) is 19.9 Å². The third kappa shape index (κ3) is 4.11. The number of carbonyl (C=O) groups excluding carboxylic acids is 1. The van der Waals surface area contributed by atoms with Gasteiger partial charge in [0.1, 0.15) is 11.5 Å². The van der Waals surface area contributed by atoms with Gasteiger partial charge in [-0.15, -0.1) is 0 Å². The minimum absolute atomic E-state index is 0.268. The summed E-state index contributed by atoms with van der Waals surface area (Å²) in [6, 6.07) is 16.9. The van der Waals surface area contributed by atoms with Gasteiger partial charge in [0.25, 0.3) is 0 Å². The van der Waals surface area contributed by atoms with E-state index in [1.807, 2.05) is 56.3 Å². The fraction of sp³-hybridized carbons (Fsp3) is 0.227. The van der Waals surface area contributed by atoms with Crippen LogP contribution in [0.15, 0.2) is 54.6 Å². The summed E-state index contributed by atoms with van der Waals surface area (Å²) in [5, 5.41) is 5.73. The van der Waals surface area contributed by atoms with E-state index < -0.39 is 0 Å². The Morgan fingerprint density at radius 1 is 1.00 bits per heavy atom. The number of methoxy groups -OCH3 is 2. The molecule has 0 aliphatic heterocycles. The maximum Gasteiger partial charge on any atom is 0.319 e. The van der Waals surface area contributed by atoms with Crippen molar-refractivity contribution in [2.75, 3.05) is 19.5 Å². The molecule has 3 rings (SSSR count). The SMILES string of the molecule is COc1cccc(NC(=O)NCc2cc(C)n(-c3ccccc3OC)c2C)c1. The lowest BCUT2D eigenvalue weighted by Gasteiger charge is -2.14. The van der Waals surface area contributed by atoms with Gasteiger partial charge >= 0.3 is 6.03 Å². The second-order valence-corrected chi connectivity index (χ2v) is 6.44. The number of ether oxygens (including phenoxy) is 2. The summed E-state index contributed by atoms with van der Waals surface area (Å²) in [7, 11) is 3.26. The molecule has 0 saturated heterocycles. The summed E-state index contributed by atoms with van der Waals surface area (Å²) in [5.74, 6) is 1.50. The molecule has 1 aromatic heterocycles. The number of amides is 2. The molecule has 2 aromatic carbocycles. The van der Waals surface area contributed by atoms with Crippen molar-refractivity contribution in [1.82, 2.24) is 9.88 Å². The number of urea groups is 1. The highest BCUT2D eigenvalue weighted by Crippen LogP contribution is 2.27.